The van der Waals surface area contributed by atoms with Gasteiger partial charge in [-0.15, -0.1) is 0 Å². The molecule has 0 unspecified atom stereocenters. The Morgan fingerprint density at radius 1 is 1.10 bits per heavy atom. The molecular formula is C13H7Cl4NO2. The number of carbonyl (C=O) groups excluding carboxylic acids is 1. The van der Waals surface area contributed by atoms with Crippen LogP contribution in [-0.4, -0.2) is 12.4 Å². The van der Waals surface area contributed by atoms with Crippen molar-refractivity contribution in [3.05, 3.63) is 56.0 Å². The van der Waals surface area contributed by atoms with Gasteiger partial charge in [-0.25, -0.2) is 0 Å². The van der Waals surface area contributed by atoms with E-state index in [0.29, 0.717) is 10.3 Å². The summed E-state index contributed by atoms with van der Waals surface area (Å²) in [5.74, 6) is -0.974. The Morgan fingerprint density at radius 2 is 1.85 bits per heavy atom. The minimum absolute atomic E-state index is 0.00612. The van der Waals surface area contributed by atoms with Gasteiger partial charge in [-0.2, -0.15) is 0 Å². The smallest absolute Gasteiger partial charge is 0.293 e. The van der Waals surface area contributed by atoms with E-state index < -0.39 is 5.91 Å². The summed E-state index contributed by atoms with van der Waals surface area (Å²) < 4.78 is 14.9. The van der Waals surface area contributed by atoms with Gasteiger partial charge in [0.25, 0.3) is 7.34 Å². The van der Waals surface area contributed by atoms with Crippen LogP contribution in [0, 0.1) is 0 Å². The third kappa shape index (κ3) is 3.30. The average molecular weight is 353 g/mol. The zero-order valence-corrected chi connectivity index (χ0v) is 12.7. The van der Waals surface area contributed by atoms with Crippen LogP contribution in [0.1, 0.15) is 10.4 Å². The maximum absolute atomic E-state index is 12.4. The highest BCUT2D eigenvalue weighted by Gasteiger charge is 2.15. The minimum Gasteiger partial charge on any atom is -0.506 e. The molecule has 0 heterocycles. The first kappa shape index (κ1) is 12.6. The van der Waals surface area contributed by atoms with Crippen LogP contribution in [0.3, 0.4) is 0 Å². The Bertz CT molecular complexity index is 742. The maximum atomic E-state index is 12.4. The van der Waals surface area contributed by atoms with Crippen molar-refractivity contribution < 1.29 is 11.3 Å². The Balaban J connectivity index is 2.45. The van der Waals surface area contributed by atoms with E-state index in [4.69, 9.17) is 49.2 Å². The molecule has 0 aromatic heterocycles. The molecule has 2 N–H and O–H groups in total. The van der Waals surface area contributed by atoms with E-state index >= 15 is 0 Å². The molecule has 20 heavy (non-hydrogen) atoms. The van der Waals surface area contributed by atoms with Crippen molar-refractivity contribution in [2.75, 3.05) is 5.31 Å². The maximum Gasteiger partial charge on any atom is 0.293 e. The Labute approximate surface area is 138 Å². The van der Waals surface area contributed by atoms with Crippen molar-refractivity contribution in [2.24, 2.45) is 0 Å². The van der Waals surface area contributed by atoms with E-state index in [1.807, 2.05) is 0 Å². The van der Waals surface area contributed by atoms with E-state index in [1.165, 1.54) is 30.3 Å². The van der Waals surface area contributed by atoms with Crippen molar-refractivity contribution in [1.29, 1.82) is 1.43 Å². The number of halogens is 4. The zero-order valence-electron chi connectivity index (χ0n) is 11.7. The fourth-order valence-corrected chi connectivity index (χ4v) is 2.24. The number of nitrogens with one attached hydrogen (secondary N) is 1. The van der Waals surface area contributed by atoms with E-state index in [-0.39, 0.29) is 32.1 Å². The molecule has 0 fully saturated rings. The zero-order chi connectivity index (χ0) is 16.4. The molecule has 0 radical (unpaired) electrons. The van der Waals surface area contributed by atoms with Crippen LogP contribution in [-0.2, 0) is 0 Å². The van der Waals surface area contributed by atoms with Gasteiger partial charge in [-0.1, -0.05) is 46.4 Å². The normalized spacial score (nSPS) is 11.6. The van der Waals surface area contributed by atoms with Crippen LogP contribution >= 0.6 is 46.4 Å². The summed E-state index contributed by atoms with van der Waals surface area (Å²) in [7, 11) is 0. The van der Waals surface area contributed by atoms with Crippen molar-refractivity contribution in [2.45, 2.75) is 0 Å². The van der Waals surface area contributed by atoms with E-state index in [1.54, 1.807) is 0 Å². The van der Waals surface area contributed by atoms with Gasteiger partial charge in [-0.3, -0.25) is 4.79 Å². The lowest BCUT2D eigenvalue weighted by molar-refractivity contribution is 0.102. The number of rotatable bonds is 3. The summed E-state index contributed by atoms with van der Waals surface area (Å²) >= 11 is 23.4. The highest BCUT2D eigenvalue weighted by molar-refractivity contribution is 6.42. The number of hydrogen-bond donors (Lipinski definition) is 2. The summed E-state index contributed by atoms with van der Waals surface area (Å²) in [4.78, 5) is 12.4. The molecule has 0 bridgehead atoms. The van der Waals surface area contributed by atoms with E-state index in [9.17, 15) is 4.79 Å². The van der Waals surface area contributed by atoms with Crippen LogP contribution in [0.2, 0.25) is 21.5 Å². The van der Waals surface area contributed by atoms with Gasteiger partial charge in [0, 0.05) is 10.7 Å². The van der Waals surface area contributed by atoms with Gasteiger partial charge in [0.1, 0.15) is 5.75 Å². The number of phenols is 1. The summed E-state index contributed by atoms with van der Waals surface area (Å²) in [6.07, 6.45) is 0. The quantitative estimate of drug-likeness (QED) is 0.791. The molecule has 2 aromatic carbocycles. The molecule has 0 saturated carbocycles. The lowest BCUT2D eigenvalue weighted by Crippen LogP contribution is -2.12. The second kappa shape index (κ2) is 6.10. The second-order valence-corrected chi connectivity index (χ2v) is 5.44. The van der Waals surface area contributed by atoms with Crippen LogP contribution in [0.4, 0.5) is 5.69 Å². The number of hydrogen-bond acceptors (Lipinski definition) is 2. The molecule has 0 saturated heterocycles. The topological polar surface area (TPSA) is 49.3 Å². The van der Waals surface area contributed by atoms with Crippen molar-refractivity contribution in [1.82, 2.24) is 0 Å². The van der Waals surface area contributed by atoms with Gasteiger partial charge >= 0.3 is 0 Å². The van der Waals surface area contributed by atoms with Crippen molar-refractivity contribution in [3.63, 3.8) is 0 Å². The van der Waals surface area contributed by atoms with Gasteiger partial charge in [0.15, 0.2) is 1.41 Å². The molecule has 3 nitrogen and oxygen atoms in total. The van der Waals surface area contributed by atoms with Crippen LogP contribution in [0.25, 0.3) is 0 Å². The number of amides is 1. The van der Waals surface area contributed by atoms with Crippen LogP contribution < -0.4 is 5.31 Å². The molecule has 0 atom stereocenters. The van der Waals surface area contributed by atoms with Gasteiger partial charge in [0.2, 0.25) is 0 Å². The Morgan fingerprint density at radius 3 is 2.50 bits per heavy atom. The van der Waals surface area contributed by atoms with Gasteiger partial charge < -0.3 is 10.4 Å². The molecule has 0 aliphatic carbocycles. The Kier molecular flexibility index (Phi) is 3.84. The van der Waals surface area contributed by atoms with E-state index in [0.717, 1.165) is 0 Å². The monoisotopic (exact) mass is 351 g/mol. The summed E-state index contributed by atoms with van der Waals surface area (Å²) in [6, 6.07) is 6.87. The summed E-state index contributed by atoms with van der Waals surface area (Å²) in [5, 5.41) is 5.61. The fourth-order valence-electron chi connectivity index (χ4n) is 1.45. The lowest BCUT2D eigenvalue weighted by Gasteiger charge is -2.09. The van der Waals surface area contributed by atoms with Crippen molar-refractivity contribution in [3.8, 4) is 5.75 Å². The van der Waals surface area contributed by atoms with Gasteiger partial charge in [-0.05, 0) is 30.3 Å². The van der Waals surface area contributed by atoms with Crippen LogP contribution in [0.5, 0.6) is 5.75 Å². The number of phenolic OH excluding ortho intramolecular Hbond substituents is 1. The number of aromatic hydroxyl groups is 1. The second-order valence-electron chi connectivity index (χ2n) is 3.78. The standard InChI is InChI=1S/C13H7Cl4NO2/c14-6-3-8(12(19)11(17)4-6)13(20)18-7-1-2-9(15)10(16)5-7/h1-5,19H,(H,18,20)/i/hD2. The summed E-state index contributed by atoms with van der Waals surface area (Å²) in [5.41, 5.74) is 0.0694. The Hall–Kier alpha value is -1.13. The first-order valence-electron chi connectivity index (χ1n) is 6.11. The lowest BCUT2D eigenvalue weighted by atomic mass is 10.2. The molecule has 1 amide bonds. The SMILES string of the molecule is [2H]Oc1c(Cl)cc(Cl)cc1C(=O)N([2H])c1ccc(Cl)c(Cl)c1. The molecule has 0 aliphatic rings. The molecule has 7 heteroatoms. The molecule has 2 rings (SSSR count). The number of carbonyl (C=O) groups is 1. The number of benzene rings is 2. The van der Waals surface area contributed by atoms with Crippen LogP contribution in [0.15, 0.2) is 30.3 Å². The molecule has 0 spiro atoms. The molecular weight excluding hydrogens is 344 g/mol. The molecule has 0 aliphatic heterocycles. The average Bonchev–Trinajstić information content (AvgIpc) is 2.47. The largest absolute Gasteiger partial charge is 0.506 e. The first-order chi connectivity index (χ1) is 10.3. The minimum atomic E-state index is -0.787. The van der Waals surface area contributed by atoms with E-state index in [2.05, 4.69) is 5.11 Å². The highest BCUT2D eigenvalue weighted by atomic mass is 35.5. The van der Waals surface area contributed by atoms with Gasteiger partial charge in [0.05, 0.1) is 20.6 Å². The predicted octanol–water partition coefficient (Wildman–Crippen LogP) is 5.26. The number of anilines is 1. The third-order valence-corrected chi connectivity index (χ3v) is 3.61. The highest BCUT2D eigenvalue weighted by Crippen LogP contribution is 2.32. The summed E-state index contributed by atoms with van der Waals surface area (Å²) in [6.45, 7) is 0. The molecule has 2 aromatic rings. The predicted molar refractivity (Wildman–Crippen MR) is 82.5 cm³/mol. The third-order valence-electron chi connectivity index (χ3n) is 2.37. The first-order valence-corrected chi connectivity index (χ1v) is 6.77. The molecule has 104 valence electrons. The van der Waals surface area contributed by atoms with Crippen molar-refractivity contribution >= 4 is 58.0 Å². The fraction of sp³-hybridized carbons (Fsp3) is 0.